The zero-order valence-corrected chi connectivity index (χ0v) is 15.6. The van der Waals surface area contributed by atoms with E-state index in [1.807, 2.05) is 30.3 Å². The number of aliphatic hydroxyl groups excluding tert-OH is 1. The van der Waals surface area contributed by atoms with Crippen molar-refractivity contribution in [3.8, 4) is 0 Å². The summed E-state index contributed by atoms with van der Waals surface area (Å²) in [6.45, 7) is 3.43. The number of anilines is 1. The monoisotopic (exact) mass is 376 g/mol. The van der Waals surface area contributed by atoms with Crippen LogP contribution in [-0.2, 0) is 11.3 Å². The van der Waals surface area contributed by atoms with Gasteiger partial charge in [-0.25, -0.2) is 0 Å². The average Bonchev–Trinajstić information content (AvgIpc) is 2.67. The fraction of sp³-hybridized carbons (Fsp3) is 0.136. The van der Waals surface area contributed by atoms with Crippen molar-refractivity contribution < 1.29 is 14.3 Å². The molecule has 6 heteroatoms. The van der Waals surface area contributed by atoms with Gasteiger partial charge in [0.15, 0.2) is 5.43 Å². The van der Waals surface area contributed by atoms with Crippen molar-refractivity contribution in [2.45, 2.75) is 20.4 Å². The first-order valence-electron chi connectivity index (χ1n) is 8.75. The second kappa shape index (κ2) is 8.35. The van der Waals surface area contributed by atoms with E-state index in [2.05, 4.69) is 10.3 Å². The van der Waals surface area contributed by atoms with Gasteiger partial charge in [0.1, 0.15) is 11.3 Å². The van der Waals surface area contributed by atoms with Crippen molar-refractivity contribution in [2.75, 3.05) is 5.32 Å². The van der Waals surface area contributed by atoms with E-state index in [0.717, 1.165) is 5.56 Å². The van der Waals surface area contributed by atoms with Crippen LogP contribution in [0.5, 0.6) is 0 Å². The third-order valence-corrected chi connectivity index (χ3v) is 4.16. The molecule has 1 aromatic heterocycles. The first kappa shape index (κ1) is 19.1. The summed E-state index contributed by atoms with van der Waals surface area (Å²) in [5, 5.41) is 13.0. The Labute approximate surface area is 161 Å². The fourth-order valence-electron chi connectivity index (χ4n) is 2.80. The highest BCUT2D eigenvalue weighted by molar-refractivity contribution is 6.24. The largest absolute Gasteiger partial charge is 0.512 e. The van der Waals surface area contributed by atoms with E-state index < -0.39 is 5.91 Å². The molecule has 0 atom stereocenters. The van der Waals surface area contributed by atoms with Crippen molar-refractivity contribution >= 4 is 28.5 Å². The molecule has 0 spiro atoms. The van der Waals surface area contributed by atoms with Gasteiger partial charge < -0.3 is 9.52 Å². The highest BCUT2D eigenvalue weighted by atomic mass is 16.3. The number of nitrogens with zero attached hydrogens (tertiary/aromatic N) is 1. The summed E-state index contributed by atoms with van der Waals surface area (Å²) < 4.78 is 5.58. The first-order chi connectivity index (χ1) is 13.5. The number of allylic oxidation sites excluding steroid dienone is 1. The van der Waals surface area contributed by atoms with Crippen LogP contribution in [0.1, 0.15) is 19.4 Å². The Balaban J connectivity index is 1.84. The maximum Gasteiger partial charge on any atom is 0.263 e. The minimum atomic E-state index is -0.604. The molecular formula is C22H20N2O4. The number of aliphatic hydroxyl groups is 1. The number of carbonyl (C=O) groups excluding carboxylic acids is 1. The Kier molecular flexibility index (Phi) is 5.69. The summed E-state index contributed by atoms with van der Waals surface area (Å²) >= 11 is 0. The Bertz CT molecular complexity index is 1120. The van der Waals surface area contributed by atoms with Gasteiger partial charge in [-0.2, -0.15) is 0 Å². The van der Waals surface area contributed by atoms with Crippen LogP contribution < -0.4 is 10.7 Å². The number of amides is 1. The predicted molar refractivity (Wildman–Crippen MR) is 110 cm³/mol. The maximum absolute atomic E-state index is 12.7. The average molecular weight is 376 g/mol. The van der Waals surface area contributed by atoms with E-state index in [-0.39, 0.29) is 22.6 Å². The molecule has 0 radical (unpaired) electrons. The molecule has 0 aliphatic rings. The molecule has 0 aliphatic carbocycles. The standard InChI is InChI=1S/C22H20N2O4/c1-14(23-13-16-8-4-3-5-9-16)21(15(2)25)22(27)24-20-12-18(26)17-10-6-7-11-19(17)28-20/h3-12,25H,13H2,1-2H3,(H,24,27)/b21-15-,23-14?. The summed E-state index contributed by atoms with van der Waals surface area (Å²) in [6.07, 6.45) is 0. The van der Waals surface area contributed by atoms with Crippen molar-refractivity contribution in [3.05, 3.63) is 87.8 Å². The lowest BCUT2D eigenvalue weighted by molar-refractivity contribution is -0.112. The maximum atomic E-state index is 12.7. The third kappa shape index (κ3) is 4.35. The van der Waals surface area contributed by atoms with Gasteiger partial charge in [-0.3, -0.25) is 19.9 Å². The van der Waals surface area contributed by atoms with Gasteiger partial charge in [0.2, 0.25) is 5.88 Å². The van der Waals surface area contributed by atoms with Crippen molar-refractivity contribution in [3.63, 3.8) is 0 Å². The van der Waals surface area contributed by atoms with Gasteiger partial charge in [0.05, 0.1) is 17.5 Å². The molecule has 0 saturated heterocycles. The molecule has 3 aromatic rings. The SMILES string of the molecule is CC(=NCc1ccccc1)/C(C(=O)Nc1cc(=O)c2ccccc2o1)=C(\C)O. The lowest BCUT2D eigenvalue weighted by Crippen LogP contribution is -2.21. The van der Waals surface area contributed by atoms with E-state index >= 15 is 0 Å². The molecule has 3 rings (SSSR count). The molecule has 1 heterocycles. The normalized spacial score (nSPS) is 12.6. The van der Waals surface area contributed by atoms with Gasteiger partial charge in [0.25, 0.3) is 5.91 Å². The van der Waals surface area contributed by atoms with E-state index in [9.17, 15) is 14.7 Å². The Morgan fingerprint density at radius 1 is 1.07 bits per heavy atom. The zero-order chi connectivity index (χ0) is 20.1. The topological polar surface area (TPSA) is 91.9 Å². The van der Waals surface area contributed by atoms with E-state index in [4.69, 9.17) is 4.42 Å². The summed E-state index contributed by atoms with van der Waals surface area (Å²) in [6, 6.07) is 17.6. The van der Waals surface area contributed by atoms with Crippen LogP contribution in [0.25, 0.3) is 11.0 Å². The van der Waals surface area contributed by atoms with E-state index in [0.29, 0.717) is 23.2 Å². The van der Waals surface area contributed by atoms with Crippen molar-refractivity contribution in [1.29, 1.82) is 0 Å². The molecule has 1 amide bonds. The van der Waals surface area contributed by atoms with Gasteiger partial charge in [-0.05, 0) is 31.5 Å². The Morgan fingerprint density at radius 2 is 1.75 bits per heavy atom. The number of benzene rings is 2. The fourth-order valence-corrected chi connectivity index (χ4v) is 2.80. The number of hydrogen-bond acceptors (Lipinski definition) is 5. The number of aliphatic imine (C=N–C) groups is 1. The van der Waals surface area contributed by atoms with Crippen LogP contribution in [0.3, 0.4) is 0 Å². The molecule has 0 aliphatic heterocycles. The number of hydrogen-bond donors (Lipinski definition) is 2. The minimum absolute atomic E-state index is 0.00306. The number of nitrogens with one attached hydrogen (secondary N) is 1. The minimum Gasteiger partial charge on any atom is -0.512 e. The van der Waals surface area contributed by atoms with Crippen LogP contribution in [0.15, 0.2) is 86.2 Å². The molecule has 0 fully saturated rings. The van der Waals surface area contributed by atoms with Gasteiger partial charge in [0, 0.05) is 11.8 Å². The molecule has 28 heavy (non-hydrogen) atoms. The second-order valence-corrected chi connectivity index (χ2v) is 6.27. The van der Waals surface area contributed by atoms with E-state index in [1.165, 1.54) is 13.0 Å². The number of para-hydroxylation sites is 1. The molecule has 6 nitrogen and oxygen atoms in total. The summed E-state index contributed by atoms with van der Waals surface area (Å²) in [4.78, 5) is 29.3. The molecule has 142 valence electrons. The van der Waals surface area contributed by atoms with Gasteiger partial charge >= 0.3 is 0 Å². The number of rotatable bonds is 5. The Morgan fingerprint density at radius 3 is 2.46 bits per heavy atom. The lowest BCUT2D eigenvalue weighted by Gasteiger charge is -2.10. The van der Waals surface area contributed by atoms with E-state index in [1.54, 1.807) is 31.2 Å². The number of carbonyl (C=O) groups is 1. The quantitative estimate of drug-likeness (QED) is 0.396. The highest BCUT2D eigenvalue weighted by Gasteiger charge is 2.18. The molecule has 0 unspecified atom stereocenters. The summed E-state index contributed by atoms with van der Waals surface area (Å²) in [5.74, 6) is -0.772. The lowest BCUT2D eigenvalue weighted by atomic mass is 10.1. The summed E-state index contributed by atoms with van der Waals surface area (Å²) in [5.41, 5.74) is 1.50. The molecule has 2 aromatic carbocycles. The first-order valence-corrected chi connectivity index (χ1v) is 8.75. The molecule has 0 saturated carbocycles. The van der Waals surface area contributed by atoms with Crippen LogP contribution >= 0.6 is 0 Å². The van der Waals surface area contributed by atoms with Crippen LogP contribution in [0, 0.1) is 0 Å². The third-order valence-electron chi connectivity index (χ3n) is 4.16. The van der Waals surface area contributed by atoms with Crippen LogP contribution in [-0.4, -0.2) is 16.7 Å². The van der Waals surface area contributed by atoms with Gasteiger partial charge in [-0.15, -0.1) is 0 Å². The van der Waals surface area contributed by atoms with Gasteiger partial charge in [-0.1, -0.05) is 42.5 Å². The highest BCUT2D eigenvalue weighted by Crippen LogP contribution is 2.17. The molecular weight excluding hydrogens is 356 g/mol. The summed E-state index contributed by atoms with van der Waals surface area (Å²) in [7, 11) is 0. The molecule has 2 N–H and O–H groups in total. The van der Waals surface area contributed by atoms with Crippen molar-refractivity contribution in [1.82, 2.24) is 0 Å². The van der Waals surface area contributed by atoms with Crippen molar-refractivity contribution in [2.24, 2.45) is 4.99 Å². The molecule has 0 bridgehead atoms. The Hall–Kier alpha value is -3.67. The second-order valence-electron chi connectivity index (χ2n) is 6.27. The van der Waals surface area contributed by atoms with Crippen LogP contribution in [0.4, 0.5) is 5.88 Å². The number of fused-ring (bicyclic) bond motifs is 1. The zero-order valence-electron chi connectivity index (χ0n) is 15.6. The smallest absolute Gasteiger partial charge is 0.263 e. The predicted octanol–water partition coefficient (Wildman–Crippen LogP) is 4.22. The van der Waals surface area contributed by atoms with Crippen LogP contribution in [0.2, 0.25) is 0 Å².